The van der Waals surface area contributed by atoms with Gasteiger partial charge in [-0.3, -0.25) is 9.48 Å². The van der Waals surface area contributed by atoms with Crippen LogP contribution in [0.15, 0.2) is 12.4 Å². The van der Waals surface area contributed by atoms with Crippen LogP contribution >= 0.6 is 0 Å². The van der Waals surface area contributed by atoms with Crippen LogP contribution in [0, 0.1) is 5.92 Å². The summed E-state index contributed by atoms with van der Waals surface area (Å²) in [6.45, 7) is 7.43. The zero-order valence-corrected chi connectivity index (χ0v) is 10.7. The number of rotatable bonds is 7. The highest BCUT2D eigenvalue weighted by molar-refractivity contribution is 5.73. The normalized spacial score (nSPS) is 12.9. The maximum absolute atomic E-state index is 11.0. The Morgan fingerprint density at radius 1 is 1.59 bits per heavy atom. The lowest BCUT2D eigenvalue weighted by molar-refractivity contribution is -0.140. The molecule has 5 heteroatoms. The van der Waals surface area contributed by atoms with Gasteiger partial charge in [0.25, 0.3) is 0 Å². The van der Waals surface area contributed by atoms with Gasteiger partial charge in [0.1, 0.15) is 6.04 Å². The Labute approximate surface area is 102 Å². The van der Waals surface area contributed by atoms with Crippen molar-refractivity contribution in [1.29, 1.82) is 0 Å². The fourth-order valence-electron chi connectivity index (χ4n) is 1.65. The van der Waals surface area contributed by atoms with E-state index >= 15 is 0 Å². The molecule has 17 heavy (non-hydrogen) atoms. The molecule has 0 aliphatic rings. The maximum atomic E-state index is 11.0. The molecule has 0 radical (unpaired) electrons. The summed E-state index contributed by atoms with van der Waals surface area (Å²) in [6, 6.07) is -0.486. The van der Waals surface area contributed by atoms with Crippen molar-refractivity contribution in [2.24, 2.45) is 5.92 Å². The van der Waals surface area contributed by atoms with Gasteiger partial charge in [-0.1, -0.05) is 13.8 Å². The van der Waals surface area contributed by atoms with Gasteiger partial charge in [-0.15, -0.1) is 0 Å². The summed E-state index contributed by atoms with van der Waals surface area (Å²) in [5.74, 6) is -0.427. The topological polar surface area (TPSA) is 67.2 Å². The molecule has 1 unspecified atom stereocenters. The molecule has 1 rings (SSSR count). The first-order chi connectivity index (χ1) is 8.02. The second-order valence-corrected chi connectivity index (χ2v) is 4.61. The molecule has 0 saturated carbocycles. The van der Waals surface area contributed by atoms with Gasteiger partial charge in [0.05, 0.1) is 6.20 Å². The van der Waals surface area contributed by atoms with Crippen LogP contribution in [0.25, 0.3) is 0 Å². The predicted octanol–water partition coefficient (Wildman–Crippen LogP) is 1.49. The first-order valence-electron chi connectivity index (χ1n) is 6.00. The van der Waals surface area contributed by atoms with Gasteiger partial charge in [-0.25, -0.2) is 0 Å². The zero-order valence-electron chi connectivity index (χ0n) is 10.7. The summed E-state index contributed by atoms with van der Waals surface area (Å²) >= 11 is 0. The summed E-state index contributed by atoms with van der Waals surface area (Å²) in [6.07, 6.45) is 4.34. The molecule has 1 aromatic heterocycles. The van der Waals surface area contributed by atoms with E-state index in [0.717, 1.165) is 12.1 Å². The lowest BCUT2D eigenvalue weighted by Gasteiger charge is -2.15. The zero-order chi connectivity index (χ0) is 12.8. The number of carboxylic acid groups (broad SMARTS) is 1. The standard InChI is InChI=1S/C12H21N3O2/c1-4-15-8-10(7-14-15)6-13-11(12(16)17)5-9(2)3/h7-9,11,13H,4-6H2,1-3H3,(H,16,17). The molecule has 1 aromatic rings. The molecule has 0 aromatic carbocycles. The monoisotopic (exact) mass is 239 g/mol. The molecule has 2 N–H and O–H groups in total. The average Bonchev–Trinajstić information content (AvgIpc) is 2.71. The molecule has 0 amide bonds. The van der Waals surface area contributed by atoms with Crippen molar-refractivity contribution in [1.82, 2.24) is 15.1 Å². The number of aliphatic carboxylic acids is 1. The second kappa shape index (κ2) is 6.39. The molecule has 0 bridgehead atoms. The van der Waals surface area contributed by atoms with Gasteiger partial charge in [-0.2, -0.15) is 5.10 Å². The Bertz CT molecular complexity index is 360. The molecule has 0 fully saturated rings. The van der Waals surface area contributed by atoms with Crippen molar-refractivity contribution in [2.75, 3.05) is 0 Å². The Balaban J connectivity index is 2.48. The Morgan fingerprint density at radius 3 is 2.76 bits per heavy atom. The molecule has 1 atom stereocenters. The van der Waals surface area contributed by atoms with E-state index in [0.29, 0.717) is 18.9 Å². The number of nitrogens with zero attached hydrogens (tertiary/aromatic N) is 2. The van der Waals surface area contributed by atoms with Gasteiger partial charge in [0, 0.05) is 24.8 Å². The lowest BCUT2D eigenvalue weighted by atomic mass is 10.0. The minimum atomic E-state index is -0.790. The highest BCUT2D eigenvalue weighted by atomic mass is 16.4. The van der Waals surface area contributed by atoms with Crippen LogP contribution in [0.1, 0.15) is 32.8 Å². The molecule has 96 valence electrons. The largest absolute Gasteiger partial charge is 0.480 e. The number of hydrogen-bond acceptors (Lipinski definition) is 3. The molecule has 0 aliphatic heterocycles. The first-order valence-corrected chi connectivity index (χ1v) is 6.00. The number of aromatic nitrogens is 2. The lowest BCUT2D eigenvalue weighted by Crippen LogP contribution is -2.37. The Kier molecular flexibility index (Phi) is 5.15. The maximum Gasteiger partial charge on any atom is 0.320 e. The van der Waals surface area contributed by atoms with Crippen LogP contribution in [0.3, 0.4) is 0 Å². The van der Waals surface area contributed by atoms with Crippen LogP contribution < -0.4 is 5.32 Å². The third-order valence-electron chi connectivity index (χ3n) is 2.57. The first kappa shape index (κ1) is 13.7. The van der Waals surface area contributed by atoms with E-state index in [1.54, 1.807) is 6.20 Å². The number of carboxylic acids is 1. The molecule has 0 aliphatic carbocycles. The van der Waals surface area contributed by atoms with E-state index in [-0.39, 0.29) is 0 Å². The molecular weight excluding hydrogens is 218 g/mol. The van der Waals surface area contributed by atoms with Crippen molar-refractivity contribution in [3.8, 4) is 0 Å². The van der Waals surface area contributed by atoms with Crippen LogP contribution in [-0.2, 0) is 17.9 Å². The Hall–Kier alpha value is -1.36. The molecule has 0 spiro atoms. The minimum absolute atomic E-state index is 0.363. The fourth-order valence-corrected chi connectivity index (χ4v) is 1.65. The third kappa shape index (κ3) is 4.56. The van der Waals surface area contributed by atoms with Gasteiger partial charge >= 0.3 is 5.97 Å². The van der Waals surface area contributed by atoms with Crippen molar-refractivity contribution < 1.29 is 9.90 Å². The van der Waals surface area contributed by atoms with Gasteiger partial charge < -0.3 is 10.4 Å². The van der Waals surface area contributed by atoms with E-state index < -0.39 is 12.0 Å². The number of nitrogens with one attached hydrogen (secondary N) is 1. The van der Waals surface area contributed by atoms with Crippen LogP contribution in [0.4, 0.5) is 0 Å². The highest BCUT2D eigenvalue weighted by Gasteiger charge is 2.18. The van der Waals surface area contributed by atoms with Crippen molar-refractivity contribution in [2.45, 2.75) is 46.3 Å². The third-order valence-corrected chi connectivity index (χ3v) is 2.57. The summed E-state index contributed by atoms with van der Waals surface area (Å²) in [4.78, 5) is 11.0. The summed E-state index contributed by atoms with van der Waals surface area (Å²) < 4.78 is 1.83. The van der Waals surface area contributed by atoms with E-state index in [4.69, 9.17) is 5.11 Å². The number of aryl methyl sites for hydroxylation is 1. The van der Waals surface area contributed by atoms with E-state index in [1.165, 1.54) is 0 Å². The summed E-state index contributed by atoms with van der Waals surface area (Å²) in [5, 5.41) is 16.3. The van der Waals surface area contributed by atoms with Crippen molar-refractivity contribution >= 4 is 5.97 Å². The highest BCUT2D eigenvalue weighted by Crippen LogP contribution is 2.06. The Morgan fingerprint density at radius 2 is 2.29 bits per heavy atom. The van der Waals surface area contributed by atoms with Crippen LogP contribution in [-0.4, -0.2) is 26.9 Å². The number of carbonyl (C=O) groups is 1. The molecule has 5 nitrogen and oxygen atoms in total. The quantitative estimate of drug-likeness (QED) is 0.756. The second-order valence-electron chi connectivity index (χ2n) is 4.61. The molecule has 1 heterocycles. The van der Waals surface area contributed by atoms with E-state index in [9.17, 15) is 4.79 Å². The van der Waals surface area contributed by atoms with Crippen molar-refractivity contribution in [3.05, 3.63) is 18.0 Å². The van der Waals surface area contributed by atoms with E-state index in [2.05, 4.69) is 10.4 Å². The smallest absolute Gasteiger partial charge is 0.320 e. The SMILES string of the molecule is CCn1cc(CNC(CC(C)C)C(=O)O)cn1. The van der Waals surface area contributed by atoms with E-state index in [1.807, 2.05) is 31.6 Å². The van der Waals surface area contributed by atoms with Gasteiger partial charge in [0.2, 0.25) is 0 Å². The summed E-state index contributed by atoms with van der Waals surface area (Å²) in [5.41, 5.74) is 1.02. The van der Waals surface area contributed by atoms with Crippen molar-refractivity contribution in [3.63, 3.8) is 0 Å². The van der Waals surface area contributed by atoms with Gasteiger partial charge in [-0.05, 0) is 19.3 Å². The summed E-state index contributed by atoms with van der Waals surface area (Å²) in [7, 11) is 0. The molecular formula is C12H21N3O2. The van der Waals surface area contributed by atoms with Gasteiger partial charge in [0.15, 0.2) is 0 Å². The minimum Gasteiger partial charge on any atom is -0.480 e. The average molecular weight is 239 g/mol. The van der Waals surface area contributed by atoms with Crippen LogP contribution in [0.5, 0.6) is 0 Å². The van der Waals surface area contributed by atoms with Crippen LogP contribution in [0.2, 0.25) is 0 Å². The fraction of sp³-hybridized carbons (Fsp3) is 0.667. The number of hydrogen-bond donors (Lipinski definition) is 2. The molecule has 0 saturated heterocycles. The predicted molar refractivity (Wildman–Crippen MR) is 65.6 cm³/mol.